The van der Waals surface area contributed by atoms with Gasteiger partial charge in [-0.15, -0.1) is 0 Å². The minimum Gasteiger partial charge on any atom is -0.341 e. The molecule has 0 bridgehead atoms. The van der Waals surface area contributed by atoms with Gasteiger partial charge in [0, 0.05) is 45.0 Å². The first-order valence-electron chi connectivity index (χ1n) is 9.03. The summed E-state index contributed by atoms with van der Waals surface area (Å²) in [5.74, 6) is 0.0364. The smallest absolute Gasteiger partial charge is 0.274 e. The van der Waals surface area contributed by atoms with Gasteiger partial charge in [0.05, 0.1) is 6.20 Å². The second-order valence-corrected chi connectivity index (χ2v) is 6.54. The monoisotopic (exact) mass is 352 g/mol. The summed E-state index contributed by atoms with van der Waals surface area (Å²) in [4.78, 5) is 36.7. The van der Waals surface area contributed by atoms with Gasteiger partial charge in [-0.05, 0) is 30.9 Å². The highest BCUT2D eigenvalue weighted by atomic mass is 16.2. The Hall–Kier alpha value is -2.76. The van der Waals surface area contributed by atoms with Crippen molar-refractivity contribution in [3.63, 3.8) is 0 Å². The van der Waals surface area contributed by atoms with Gasteiger partial charge in [-0.3, -0.25) is 14.6 Å². The van der Waals surface area contributed by atoms with Crippen LogP contribution in [0.4, 0.5) is 0 Å². The molecule has 136 valence electrons. The van der Waals surface area contributed by atoms with Crippen molar-refractivity contribution in [3.8, 4) is 0 Å². The van der Waals surface area contributed by atoms with Crippen LogP contribution in [0.1, 0.15) is 34.5 Å². The molecule has 1 aromatic heterocycles. The van der Waals surface area contributed by atoms with Crippen LogP contribution in [0, 0.1) is 6.92 Å². The van der Waals surface area contributed by atoms with E-state index in [2.05, 4.69) is 29.0 Å². The van der Waals surface area contributed by atoms with Gasteiger partial charge in [0.15, 0.2) is 0 Å². The van der Waals surface area contributed by atoms with Crippen molar-refractivity contribution in [1.82, 2.24) is 19.8 Å². The number of hydrogen-bond donors (Lipinski definition) is 0. The number of hydrogen-bond acceptors (Lipinski definition) is 4. The van der Waals surface area contributed by atoms with Gasteiger partial charge in [-0.1, -0.05) is 24.3 Å². The minimum absolute atomic E-state index is 0.118. The summed E-state index contributed by atoms with van der Waals surface area (Å²) in [6.45, 7) is 4.50. The average molecular weight is 352 g/mol. The molecule has 1 saturated heterocycles. The number of aryl methyl sites for hydroxylation is 2. The first-order valence-corrected chi connectivity index (χ1v) is 9.03. The van der Waals surface area contributed by atoms with E-state index in [1.54, 1.807) is 11.1 Å². The van der Waals surface area contributed by atoms with E-state index in [1.165, 1.54) is 23.5 Å². The second-order valence-electron chi connectivity index (χ2n) is 6.54. The van der Waals surface area contributed by atoms with E-state index in [-0.39, 0.29) is 11.8 Å². The summed E-state index contributed by atoms with van der Waals surface area (Å²) in [5, 5.41) is 0. The predicted molar refractivity (Wildman–Crippen MR) is 98.6 cm³/mol. The van der Waals surface area contributed by atoms with Crippen molar-refractivity contribution in [3.05, 3.63) is 59.7 Å². The fourth-order valence-corrected chi connectivity index (χ4v) is 3.23. The Morgan fingerprint density at radius 2 is 1.81 bits per heavy atom. The lowest BCUT2D eigenvalue weighted by Gasteiger charge is -2.22. The van der Waals surface area contributed by atoms with Crippen LogP contribution in [0.25, 0.3) is 0 Å². The molecule has 1 aliphatic heterocycles. The number of rotatable bonds is 4. The summed E-state index contributed by atoms with van der Waals surface area (Å²) >= 11 is 0. The summed E-state index contributed by atoms with van der Waals surface area (Å²) in [7, 11) is 0. The molecular weight excluding hydrogens is 328 g/mol. The van der Waals surface area contributed by atoms with E-state index in [9.17, 15) is 9.59 Å². The highest BCUT2D eigenvalue weighted by Gasteiger charge is 2.23. The van der Waals surface area contributed by atoms with Crippen LogP contribution in [0.15, 0.2) is 42.9 Å². The van der Waals surface area contributed by atoms with E-state index >= 15 is 0 Å². The lowest BCUT2D eigenvalue weighted by Crippen LogP contribution is -2.37. The van der Waals surface area contributed by atoms with Gasteiger partial charge in [-0.25, -0.2) is 4.98 Å². The molecule has 0 aliphatic carbocycles. The van der Waals surface area contributed by atoms with Crippen LogP contribution < -0.4 is 0 Å². The maximum absolute atomic E-state index is 12.6. The van der Waals surface area contributed by atoms with Crippen molar-refractivity contribution in [1.29, 1.82) is 0 Å². The molecule has 1 aliphatic rings. The average Bonchev–Trinajstić information content (AvgIpc) is 2.93. The number of aromatic nitrogens is 2. The van der Waals surface area contributed by atoms with E-state index in [0.717, 1.165) is 12.8 Å². The summed E-state index contributed by atoms with van der Waals surface area (Å²) in [6.07, 6.45) is 6.59. The zero-order chi connectivity index (χ0) is 18.4. The molecule has 1 aromatic carbocycles. The standard InChI is InChI=1S/C20H24N4O2/c1-16-5-2-3-6-17(16)7-8-19(25)23-11-4-12-24(14-13-23)20(26)18-15-21-9-10-22-18/h2-3,5-6,9-10,15H,4,7-8,11-14H2,1H3. The van der Waals surface area contributed by atoms with E-state index < -0.39 is 0 Å². The molecule has 0 N–H and O–H groups in total. The molecule has 0 atom stereocenters. The van der Waals surface area contributed by atoms with E-state index in [0.29, 0.717) is 38.3 Å². The van der Waals surface area contributed by atoms with Gasteiger partial charge in [0.25, 0.3) is 5.91 Å². The molecule has 2 amide bonds. The summed E-state index contributed by atoms with van der Waals surface area (Å²) in [6, 6.07) is 8.17. The maximum atomic E-state index is 12.6. The van der Waals surface area contributed by atoms with Crippen molar-refractivity contribution < 1.29 is 9.59 Å². The molecule has 1 fully saturated rings. The van der Waals surface area contributed by atoms with Gasteiger partial charge in [0.2, 0.25) is 5.91 Å². The number of carbonyl (C=O) groups is 2. The first-order chi connectivity index (χ1) is 12.6. The minimum atomic E-state index is -0.118. The third-order valence-electron chi connectivity index (χ3n) is 4.79. The number of benzene rings is 1. The lowest BCUT2D eigenvalue weighted by atomic mass is 10.0. The third kappa shape index (κ3) is 4.45. The molecule has 26 heavy (non-hydrogen) atoms. The lowest BCUT2D eigenvalue weighted by molar-refractivity contribution is -0.131. The fraction of sp³-hybridized carbons (Fsp3) is 0.400. The topological polar surface area (TPSA) is 66.4 Å². The Morgan fingerprint density at radius 3 is 2.58 bits per heavy atom. The fourth-order valence-electron chi connectivity index (χ4n) is 3.23. The van der Waals surface area contributed by atoms with Crippen LogP contribution in [-0.2, 0) is 11.2 Å². The van der Waals surface area contributed by atoms with Crippen LogP contribution >= 0.6 is 0 Å². The normalized spacial score (nSPS) is 14.8. The number of carbonyl (C=O) groups excluding carboxylic acids is 2. The molecule has 2 aromatic rings. The number of nitrogens with zero attached hydrogens (tertiary/aromatic N) is 4. The highest BCUT2D eigenvalue weighted by molar-refractivity contribution is 5.92. The zero-order valence-electron chi connectivity index (χ0n) is 15.1. The second kappa shape index (κ2) is 8.56. The highest BCUT2D eigenvalue weighted by Crippen LogP contribution is 2.12. The predicted octanol–water partition coefficient (Wildman–Crippen LogP) is 2.09. The molecule has 2 heterocycles. The van der Waals surface area contributed by atoms with Crippen LogP contribution in [0.3, 0.4) is 0 Å². The maximum Gasteiger partial charge on any atom is 0.274 e. The molecule has 3 rings (SSSR count). The van der Waals surface area contributed by atoms with Gasteiger partial charge < -0.3 is 9.80 Å². The largest absolute Gasteiger partial charge is 0.341 e. The summed E-state index contributed by atoms with van der Waals surface area (Å²) < 4.78 is 0. The SMILES string of the molecule is Cc1ccccc1CCC(=O)N1CCCN(C(=O)c2cnccn2)CC1. The zero-order valence-corrected chi connectivity index (χ0v) is 15.1. The van der Waals surface area contributed by atoms with E-state index in [4.69, 9.17) is 0 Å². The van der Waals surface area contributed by atoms with Gasteiger partial charge in [0.1, 0.15) is 5.69 Å². The Balaban J connectivity index is 1.54. The molecule has 0 saturated carbocycles. The van der Waals surface area contributed by atoms with Crippen molar-refractivity contribution >= 4 is 11.8 Å². The Bertz CT molecular complexity index is 763. The van der Waals surface area contributed by atoms with E-state index in [1.807, 2.05) is 17.0 Å². The van der Waals surface area contributed by atoms with Gasteiger partial charge >= 0.3 is 0 Å². The Morgan fingerprint density at radius 1 is 1.04 bits per heavy atom. The summed E-state index contributed by atoms with van der Waals surface area (Å²) in [5.41, 5.74) is 2.79. The van der Waals surface area contributed by atoms with Crippen molar-refractivity contribution in [2.75, 3.05) is 26.2 Å². The van der Waals surface area contributed by atoms with Crippen molar-refractivity contribution in [2.45, 2.75) is 26.2 Å². The van der Waals surface area contributed by atoms with Crippen LogP contribution in [-0.4, -0.2) is 57.8 Å². The molecule has 0 unspecified atom stereocenters. The Kier molecular flexibility index (Phi) is 5.94. The van der Waals surface area contributed by atoms with Gasteiger partial charge in [-0.2, -0.15) is 0 Å². The van der Waals surface area contributed by atoms with Crippen molar-refractivity contribution in [2.24, 2.45) is 0 Å². The quantitative estimate of drug-likeness (QED) is 0.845. The first kappa shape index (κ1) is 18.0. The molecule has 6 nitrogen and oxygen atoms in total. The Labute approximate surface area is 153 Å². The van der Waals surface area contributed by atoms with Crippen LogP contribution in [0.2, 0.25) is 0 Å². The third-order valence-corrected chi connectivity index (χ3v) is 4.79. The molecule has 0 spiro atoms. The molecular formula is C20H24N4O2. The molecule has 6 heteroatoms. The molecule has 0 radical (unpaired) electrons. The number of amides is 2. The van der Waals surface area contributed by atoms with Crippen LogP contribution in [0.5, 0.6) is 0 Å².